The molecule has 0 bridgehead atoms. The molecular formula is C15H14FNOS. The minimum atomic E-state index is -0.274. The Balaban J connectivity index is 2.07. The van der Waals surface area contributed by atoms with Gasteiger partial charge in [0.1, 0.15) is 23.2 Å². The van der Waals surface area contributed by atoms with Gasteiger partial charge in [0.2, 0.25) is 0 Å². The molecule has 0 unspecified atom stereocenters. The van der Waals surface area contributed by atoms with Crippen molar-refractivity contribution < 1.29 is 9.13 Å². The van der Waals surface area contributed by atoms with Crippen LogP contribution in [0.4, 0.5) is 4.39 Å². The fourth-order valence-corrected chi connectivity index (χ4v) is 1.83. The Bertz CT molecular complexity index is 596. The lowest BCUT2D eigenvalue weighted by Gasteiger charge is -2.10. The molecule has 0 saturated carbocycles. The van der Waals surface area contributed by atoms with Gasteiger partial charge in [-0.05, 0) is 48.4 Å². The molecule has 2 N–H and O–H groups in total. The second kappa shape index (κ2) is 5.80. The Morgan fingerprint density at radius 3 is 2.47 bits per heavy atom. The number of benzene rings is 2. The number of hydrogen-bond acceptors (Lipinski definition) is 2. The summed E-state index contributed by atoms with van der Waals surface area (Å²) >= 11 is 4.93. The van der Waals surface area contributed by atoms with E-state index in [1.54, 1.807) is 12.1 Å². The first kappa shape index (κ1) is 13.5. The molecule has 0 aliphatic carbocycles. The molecule has 0 heterocycles. The molecule has 0 saturated heterocycles. The standard InChI is InChI=1S/C15H14FNOS/c1-10-8-11(15(17)19)2-3-12(10)9-18-14-6-4-13(16)5-7-14/h2-8H,9H2,1H3,(H2,17,19). The van der Waals surface area contributed by atoms with Crippen LogP contribution in [0.2, 0.25) is 0 Å². The molecular weight excluding hydrogens is 261 g/mol. The molecule has 0 fully saturated rings. The van der Waals surface area contributed by atoms with Gasteiger partial charge in [-0.2, -0.15) is 0 Å². The Kier molecular flexibility index (Phi) is 4.12. The molecule has 2 rings (SSSR count). The monoisotopic (exact) mass is 275 g/mol. The summed E-state index contributed by atoms with van der Waals surface area (Å²) in [6, 6.07) is 11.7. The second-order valence-corrected chi connectivity index (χ2v) is 4.69. The topological polar surface area (TPSA) is 35.2 Å². The Morgan fingerprint density at radius 2 is 1.89 bits per heavy atom. The molecule has 0 aliphatic heterocycles. The zero-order valence-electron chi connectivity index (χ0n) is 10.5. The lowest BCUT2D eigenvalue weighted by molar-refractivity contribution is 0.305. The number of ether oxygens (including phenoxy) is 1. The minimum absolute atomic E-state index is 0.274. The third-order valence-corrected chi connectivity index (χ3v) is 3.07. The maximum Gasteiger partial charge on any atom is 0.123 e. The third kappa shape index (κ3) is 3.51. The van der Waals surface area contributed by atoms with Crippen LogP contribution < -0.4 is 10.5 Å². The van der Waals surface area contributed by atoms with E-state index in [0.29, 0.717) is 17.3 Å². The quantitative estimate of drug-likeness (QED) is 0.869. The Hall–Kier alpha value is -1.94. The van der Waals surface area contributed by atoms with Crippen LogP contribution in [0, 0.1) is 12.7 Å². The van der Waals surface area contributed by atoms with Gasteiger partial charge in [-0.1, -0.05) is 24.4 Å². The first-order chi connectivity index (χ1) is 9.06. The summed E-state index contributed by atoms with van der Waals surface area (Å²) in [4.78, 5) is 0.383. The van der Waals surface area contributed by atoms with Gasteiger partial charge >= 0.3 is 0 Å². The highest BCUT2D eigenvalue weighted by Crippen LogP contribution is 2.16. The third-order valence-electron chi connectivity index (χ3n) is 2.84. The van der Waals surface area contributed by atoms with Crippen LogP contribution in [-0.4, -0.2) is 4.99 Å². The van der Waals surface area contributed by atoms with E-state index in [1.807, 2.05) is 25.1 Å². The molecule has 2 aromatic carbocycles. The normalized spacial score (nSPS) is 10.2. The van der Waals surface area contributed by atoms with Gasteiger partial charge < -0.3 is 10.5 Å². The summed E-state index contributed by atoms with van der Waals surface area (Å²) < 4.78 is 18.4. The van der Waals surface area contributed by atoms with E-state index < -0.39 is 0 Å². The number of rotatable bonds is 4. The average Bonchev–Trinajstić information content (AvgIpc) is 2.39. The SMILES string of the molecule is Cc1cc(C(N)=S)ccc1COc1ccc(F)cc1. The van der Waals surface area contributed by atoms with Gasteiger partial charge in [0.05, 0.1) is 0 Å². The molecule has 0 atom stereocenters. The van der Waals surface area contributed by atoms with Crippen LogP contribution in [0.5, 0.6) is 5.75 Å². The highest BCUT2D eigenvalue weighted by atomic mass is 32.1. The summed E-state index contributed by atoms with van der Waals surface area (Å²) in [5, 5.41) is 0. The lowest BCUT2D eigenvalue weighted by Crippen LogP contribution is -2.10. The van der Waals surface area contributed by atoms with Crippen molar-refractivity contribution >= 4 is 17.2 Å². The average molecular weight is 275 g/mol. The van der Waals surface area contributed by atoms with Gasteiger partial charge in [0.25, 0.3) is 0 Å². The van der Waals surface area contributed by atoms with E-state index in [1.165, 1.54) is 12.1 Å². The van der Waals surface area contributed by atoms with E-state index in [2.05, 4.69) is 0 Å². The fourth-order valence-electron chi connectivity index (χ4n) is 1.70. The summed E-state index contributed by atoms with van der Waals surface area (Å²) in [6.45, 7) is 2.40. The van der Waals surface area contributed by atoms with Crippen LogP contribution in [0.3, 0.4) is 0 Å². The molecule has 0 amide bonds. The van der Waals surface area contributed by atoms with Crippen LogP contribution in [0.1, 0.15) is 16.7 Å². The number of nitrogens with two attached hydrogens (primary N) is 1. The first-order valence-corrected chi connectivity index (χ1v) is 6.25. The number of aryl methyl sites for hydroxylation is 1. The predicted molar refractivity (Wildman–Crippen MR) is 77.8 cm³/mol. The minimum Gasteiger partial charge on any atom is -0.489 e. The maximum atomic E-state index is 12.8. The van der Waals surface area contributed by atoms with Crippen molar-refractivity contribution in [2.24, 2.45) is 5.73 Å². The van der Waals surface area contributed by atoms with Gasteiger partial charge in [0.15, 0.2) is 0 Å². The number of halogens is 1. The molecule has 2 aromatic rings. The van der Waals surface area contributed by atoms with Gasteiger partial charge in [-0.25, -0.2) is 4.39 Å². The van der Waals surface area contributed by atoms with E-state index in [9.17, 15) is 4.39 Å². The molecule has 19 heavy (non-hydrogen) atoms. The largest absolute Gasteiger partial charge is 0.489 e. The number of thiocarbonyl (C=S) groups is 1. The van der Waals surface area contributed by atoms with Crippen molar-refractivity contribution in [3.05, 3.63) is 65.0 Å². The van der Waals surface area contributed by atoms with Crippen LogP contribution in [0.25, 0.3) is 0 Å². The van der Waals surface area contributed by atoms with Crippen molar-refractivity contribution in [3.63, 3.8) is 0 Å². The molecule has 4 heteroatoms. The molecule has 0 spiro atoms. The summed E-state index contributed by atoms with van der Waals surface area (Å²) in [7, 11) is 0. The zero-order valence-corrected chi connectivity index (χ0v) is 11.3. The van der Waals surface area contributed by atoms with Crippen molar-refractivity contribution in [3.8, 4) is 5.75 Å². The lowest BCUT2D eigenvalue weighted by atomic mass is 10.1. The zero-order chi connectivity index (χ0) is 13.8. The first-order valence-electron chi connectivity index (χ1n) is 5.84. The highest BCUT2D eigenvalue weighted by molar-refractivity contribution is 7.80. The Morgan fingerprint density at radius 1 is 1.21 bits per heavy atom. The van der Waals surface area contributed by atoms with Gasteiger partial charge in [0, 0.05) is 5.56 Å². The second-order valence-electron chi connectivity index (χ2n) is 4.25. The molecule has 98 valence electrons. The molecule has 2 nitrogen and oxygen atoms in total. The molecule has 0 aromatic heterocycles. The van der Waals surface area contributed by atoms with Gasteiger partial charge in [-0.3, -0.25) is 0 Å². The molecule has 0 aliphatic rings. The predicted octanol–water partition coefficient (Wildman–Crippen LogP) is 3.35. The van der Waals surface area contributed by atoms with Crippen molar-refractivity contribution in [1.82, 2.24) is 0 Å². The fraction of sp³-hybridized carbons (Fsp3) is 0.133. The van der Waals surface area contributed by atoms with Crippen molar-refractivity contribution in [2.45, 2.75) is 13.5 Å². The van der Waals surface area contributed by atoms with Crippen LogP contribution in [0.15, 0.2) is 42.5 Å². The van der Waals surface area contributed by atoms with Crippen LogP contribution in [-0.2, 0) is 6.61 Å². The Labute approximate surface area is 117 Å². The summed E-state index contributed by atoms with van der Waals surface area (Å²) in [5.41, 5.74) is 8.53. The van der Waals surface area contributed by atoms with E-state index in [-0.39, 0.29) is 5.82 Å². The molecule has 0 radical (unpaired) electrons. The number of hydrogen-bond donors (Lipinski definition) is 1. The maximum absolute atomic E-state index is 12.8. The van der Waals surface area contributed by atoms with E-state index >= 15 is 0 Å². The highest BCUT2D eigenvalue weighted by Gasteiger charge is 2.03. The van der Waals surface area contributed by atoms with Crippen molar-refractivity contribution in [1.29, 1.82) is 0 Å². The van der Waals surface area contributed by atoms with Crippen LogP contribution >= 0.6 is 12.2 Å². The van der Waals surface area contributed by atoms with Gasteiger partial charge in [-0.15, -0.1) is 0 Å². The van der Waals surface area contributed by atoms with E-state index in [4.69, 9.17) is 22.7 Å². The summed E-state index contributed by atoms with van der Waals surface area (Å²) in [6.07, 6.45) is 0. The van der Waals surface area contributed by atoms with Crippen molar-refractivity contribution in [2.75, 3.05) is 0 Å². The smallest absolute Gasteiger partial charge is 0.123 e. The van der Waals surface area contributed by atoms with E-state index in [0.717, 1.165) is 16.7 Å². The summed E-state index contributed by atoms with van der Waals surface area (Å²) in [5.74, 6) is 0.364.